The van der Waals surface area contributed by atoms with Crippen molar-refractivity contribution in [2.24, 2.45) is 0 Å². The van der Waals surface area contributed by atoms with Gasteiger partial charge in [0, 0.05) is 19.6 Å². The Morgan fingerprint density at radius 2 is 1.14 bits per heavy atom. The van der Waals surface area contributed by atoms with Crippen molar-refractivity contribution in [1.29, 1.82) is 0 Å². The summed E-state index contributed by atoms with van der Waals surface area (Å²) >= 11 is 9.76. The van der Waals surface area contributed by atoms with Gasteiger partial charge in [-0.15, -0.1) is 0 Å². The molecular weight excluding hydrogens is 316 g/mol. The summed E-state index contributed by atoms with van der Waals surface area (Å²) in [5.74, 6) is 0. The molecule has 0 atom stereocenters. The molecule has 0 aromatic heterocycles. The second kappa shape index (κ2) is 7.08. The van der Waals surface area contributed by atoms with Crippen molar-refractivity contribution in [3.63, 3.8) is 0 Å². The van der Waals surface area contributed by atoms with Gasteiger partial charge in [0.15, 0.2) is 0 Å². The van der Waals surface area contributed by atoms with E-state index in [9.17, 15) is 0 Å². The first-order chi connectivity index (χ1) is 10.3. The van der Waals surface area contributed by atoms with Gasteiger partial charge in [-0.1, -0.05) is 71.5 Å². The van der Waals surface area contributed by atoms with Gasteiger partial charge in [0.2, 0.25) is 0 Å². The van der Waals surface area contributed by atoms with E-state index in [0.29, 0.717) is 0 Å². The van der Waals surface area contributed by atoms with E-state index in [0.717, 1.165) is 9.92 Å². The van der Waals surface area contributed by atoms with Crippen LogP contribution in [0.4, 0.5) is 0 Å². The van der Waals surface area contributed by atoms with Gasteiger partial charge in [-0.05, 0) is 42.5 Å². The fourth-order valence-electron chi connectivity index (χ4n) is 1.87. The molecule has 0 N–H and O–H groups in total. The Morgan fingerprint density at radius 3 is 1.76 bits per heavy atom. The monoisotopic (exact) mass is 328 g/mol. The van der Waals surface area contributed by atoms with Crippen LogP contribution in [-0.4, -0.2) is 0 Å². The Hall–Kier alpha value is -1.35. The average Bonchev–Trinajstić information content (AvgIpc) is 2.53. The van der Waals surface area contributed by atoms with Gasteiger partial charge < -0.3 is 0 Å². The molecular formula is C18H13ClS2. The maximum atomic E-state index is 6.32. The lowest BCUT2D eigenvalue weighted by molar-refractivity contribution is 1.31. The summed E-state index contributed by atoms with van der Waals surface area (Å²) in [6.45, 7) is 0. The summed E-state index contributed by atoms with van der Waals surface area (Å²) in [4.78, 5) is 4.71. The van der Waals surface area contributed by atoms with Gasteiger partial charge in [-0.25, -0.2) is 0 Å². The molecule has 21 heavy (non-hydrogen) atoms. The zero-order valence-corrected chi connectivity index (χ0v) is 13.6. The fraction of sp³-hybridized carbons (Fsp3) is 0. The quantitative estimate of drug-likeness (QED) is 0.526. The van der Waals surface area contributed by atoms with Gasteiger partial charge in [-0.2, -0.15) is 0 Å². The first-order valence-corrected chi connectivity index (χ1v) is 8.58. The van der Waals surface area contributed by atoms with Crippen LogP contribution in [0.15, 0.2) is 98.4 Å². The molecule has 0 aliphatic rings. The number of hydrogen-bond donors (Lipinski definition) is 0. The molecule has 0 heterocycles. The maximum absolute atomic E-state index is 6.32. The zero-order chi connectivity index (χ0) is 14.5. The highest BCUT2D eigenvalue weighted by atomic mass is 35.5. The number of halogens is 1. The summed E-state index contributed by atoms with van der Waals surface area (Å²) in [6, 6.07) is 26.8. The zero-order valence-electron chi connectivity index (χ0n) is 11.2. The molecule has 0 saturated heterocycles. The third kappa shape index (κ3) is 4.07. The third-order valence-electron chi connectivity index (χ3n) is 2.85. The van der Waals surface area contributed by atoms with E-state index in [1.54, 1.807) is 23.5 Å². The third-order valence-corrected chi connectivity index (χ3v) is 5.36. The highest BCUT2D eigenvalue weighted by molar-refractivity contribution is 8.00. The average molecular weight is 329 g/mol. The molecule has 0 unspecified atom stereocenters. The molecule has 0 radical (unpaired) electrons. The normalized spacial score (nSPS) is 10.5. The minimum Gasteiger partial charge on any atom is -0.0901 e. The molecule has 104 valence electrons. The van der Waals surface area contributed by atoms with Crippen LogP contribution in [0.1, 0.15) is 0 Å². The van der Waals surface area contributed by atoms with E-state index < -0.39 is 0 Å². The lowest BCUT2D eigenvalue weighted by Crippen LogP contribution is -1.79. The van der Waals surface area contributed by atoms with Gasteiger partial charge in [0.25, 0.3) is 0 Å². The number of benzene rings is 3. The topological polar surface area (TPSA) is 0 Å². The van der Waals surface area contributed by atoms with E-state index in [1.165, 1.54) is 14.7 Å². The minimum absolute atomic E-state index is 0.793. The van der Waals surface area contributed by atoms with Crippen molar-refractivity contribution in [1.82, 2.24) is 0 Å². The standard InChI is InChI=1S/C18H13ClS2/c19-17-12-11-16(20-14-7-3-1-4-8-14)13-18(17)21-15-9-5-2-6-10-15/h1-13H. The lowest BCUT2D eigenvalue weighted by atomic mass is 10.4. The molecule has 3 aromatic rings. The summed E-state index contributed by atoms with van der Waals surface area (Å²) in [5, 5.41) is 0.793. The number of hydrogen-bond acceptors (Lipinski definition) is 2. The smallest absolute Gasteiger partial charge is 0.0546 e. The summed E-state index contributed by atoms with van der Waals surface area (Å²) in [7, 11) is 0. The van der Waals surface area contributed by atoms with E-state index in [2.05, 4.69) is 48.5 Å². The first kappa shape index (κ1) is 14.6. The van der Waals surface area contributed by atoms with Gasteiger partial charge >= 0.3 is 0 Å². The van der Waals surface area contributed by atoms with Crippen molar-refractivity contribution in [3.05, 3.63) is 83.9 Å². The van der Waals surface area contributed by atoms with Crippen molar-refractivity contribution in [3.8, 4) is 0 Å². The molecule has 0 spiro atoms. The Balaban J connectivity index is 1.83. The van der Waals surface area contributed by atoms with Crippen LogP contribution >= 0.6 is 35.1 Å². The van der Waals surface area contributed by atoms with Crippen molar-refractivity contribution < 1.29 is 0 Å². The molecule has 3 rings (SSSR count). The van der Waals surface area contributed by atoms with E-state index in [1.807, 2.05) is 30.3 Å². The van der Waals surface area contributed by atoms with Crippen LogP contribution < -0.4 is 0 Å². The first-order valence-electron chi connectivity index (χ1n) is 6.56. The van der Waals surface area contributed by atoms with Crippen LogP contribution in [0.3, 0.4) is 0 Å². The largest absolute Gasteiger partial charge is 0.0901 e. The van der Waals surface area contributed by atoms with Crippen molar-refractivity contribution in [2.45, 2.75) is 19.6 Å². The summed E-state index contributed by atoms with van der Waals surface area (Å²) in [5.41, 5.74) is 0. The molecule has 0 aliphatic heterocycles. The van der Waals surface area contributed by atoms with Crippen LogP contribution in [0.25, 0.3) is 0 Å². The Labute approximate surface area is 138 Å². The van der Waals surface area contributed by atoms with Gasteiger partial charge in [-0.3, -0.25) is 0 Å². The highest BCUT2D eigenvalue weighted by Gasteiger charge is 2.05. The second-order valence-electron chi connectivity index (χ2n) is 4.42. The van der Waals surface area contributed by atoms with Gasteiger partial charge in [0.05, 0.1) is 5.02 Å². The van der Waals surface area contributed by atoms with Crippen molar-refractivity contribution in [2.75, 3.05) is 0 Å². The summed E-state index contributed by atoms with van der Waals surface area (Å²) < 4.78 is 0. The molecule has 0 amide bonds. The van der Waals surface area contributed by atoms with E-state index in [4.69, 9.17) is 11.6 Å². The van der Waals surface area contributed by atoms with Crippen LogP contribution in [0.2, 0.25) is 5.02 Å². The Kier molecular flexibility index (Phi) is 4.91. The predicted octanol–water partition coefficient (Wildman–Crippen LogP) is 6.64. The Morgan fingerprint density at radius 1 is 0.571 bits per heavy atom. The Bertz CT molecular complexity index is 712. The molecule has 0 bridgehead atoms. The molecule has 3 heteroatoms. The molecule has 0 saturated carbocycles. The second-order valence-corrected chi connectivity index (χ2v) is 7.09. The van der Waals surface area contributed by atoms with E-state index >= 15 is 0 Å². The molecule has 0 fully saturated rings. The van der Waals surface area contributed by atoms with Crippen LogP contribution in [0, 0.1) is 0 Å². The molecule has 3 aromatic carbocycles. The highest BCUT2D eigenvalue weighted by Crippen LogP contribution is 2.37. The van der Waals surface area contributed by atoms with E-state index in [-0.39, 0.29) is 0 Å². The SMILES string of the molecule is Clc1ccc(Sc2ccccc2)cc1Sc1ccccc1. The molecule has 0 aliphatic carbocycles. The maximum Gasteiger partial charge on any atom is 0.0546 e. The molecule has 0 nitrogen and oxygen atoms in total. The van der Waals surface area contributed by atoms with Crippen LogP contribution in [-0.2, 0) is 0 Å². The minimum atomic E-state index is 0.793. The predicted molar refractivity (Wildman–Crippen MR) is 92.6 cm³/mol. The number of rotatable bonds is 4. The fourth-order valence-corrected chi connectivity index (χ4v) is 3.95. The summed E-state index contributed by atoms with van der Waals surface area (Å²) in [6.07, 6.45) is 0. The van der Waals surface area contributed by atoms with Crippen molar-refractivity contribution >= 4 is 35.1 Å². The van der Waals surface area contributed by atoms with Crippen LogP contribution in [0.5, 0.6) is 0 Å². The van der Waals surface area contributed by atoms with Gasteiger partial charge in [0.1, 0.15) is 0 Å². The lowest BCUT2D eigenvalue weighted by Gasteiger charge is -2.07.